The number of unbranched alkanes of at least 4 members (excludes halogenated alkanes) is 1. The van der Waals surface area contributed by atoms with Gasteiger partial charge in [-0.1, -0.05) is 33.6 Å². The van der Waals surface area contributed by atoms with Crippen LogP contribution in [0.1, 0.15) is 60.8 Å². The van der Waals surface area contributed by atoms with Crippen molar-refractivity contribution in [3.8, 4) is 0 Å². The third-order valence-electron chi connectivity index (χ3n) is 3.28. The molecule has 0 rings (SSSR count). The van der Waals surface area contributed by atoms with E-state index in [0.717, 1.165) is 0 Å². The van der Waals surface area contributed by atoms with Crippen molar-refractivity contribution < 1.29 is 26.9 Å². The van der Waals surface area contributed by atoms with Gasteiger partial charge in [0.1, 0.15) is 6.04 Å². The van der Waals surface area contributed by atoms with Gasteiger partial charge in [0, 0.05) is 0 Å². The lowest BCUT2D eigenvalue weighted by atomic mass is 9.94. The standard InChI is InChI=1S/C16H30F3NO3S/c1-7-8-9-12(14(21)23-10-11(2)3)13(16(17,18)19)20-24(22)15(4,5)6/h11-13,20H,7-10H2,1-6H3/t12-,13-,24-/m1/s1. The predicted molar refractivity (Wildman–Crippen MR) is 89.7 cm³/mol. The Labute approximate surface area is 145 Å². The molecule has 0 fully saturated rings. The Morgan fingerprint density at radius 3 is 2.12 bits per heavy atom. The minimum atomic E-state index is -4.70. The van der Waals surface area contributed by atoms with Crippen LogP contribution in [0, 0.1) is 11.8 Å². The second-order valence-corrected chi connectivity index (χ2v) is 9.29. The average Bonchev–Trinajstić information content (AvgIpc) is 2.41. The highest BCUT2D eigenvalue weighted by Gasteiger charge is 2.49. The van der Waals surface area contributed by atoms with E-state index >= 15 is 0 Å². The van der Waals surface area contributed by atoms with Gasteiger partial charge in [0.05, 0.1) is 28.3 Å². The molecule has 0 aromatic carbocycles. The fourth-order valence-electron chi connectivity index (χ4n) is 1.87. The topological polar surface area (TPSA) is 55.4 Å². The van der Waals surface area contributed by atoms with E-state index in [9.17, 15) is 22.2 Å². The molecule has 8 heteroatoms. The molecule has 0 saturated heterocycles. The Kier molecular flexibility index (Phi) is 9.49. The van der Waals surface area contributed by atoms with Crippen molar-refractivity contribution in [2.75, 3.05) is 6.61 Å². The molecule has 3 atom stereocenters. The van der Waals surface area contributed by atoms with Crippen molar-refractivity contribution in [2.24, 2.45) is 11.8 Å². The molecular formula is C16H30F3NO3S. The summed E-state index contributed by atoms with van der Waals surface area (Å²) in [5.74, 6) is -2.27. The van der Waals surface area contributed by atoms with Crippen LogP contribution in [0.2, 0.25) is 0 Å². The second kappa shape index (κ2) is 9.75. The van der Waals surface area contributed by atoms with Crippen LogP contribution >= 0.6 is 0 Å². The lowest BCUT2D eigenvalue weighted by molar-refractivity contribution is -0.180. The zero-order chi connectivity index (χ0) is 19.1. The summed E-state index contributed by atoms with van der Waals surface area (Å²) in [4.78, 5) is 12.2. The number of hydrogen-bond donors (Lipinski definition) is 1. The van der Waals surface area contributed by atoms with Crippen molar-refractivity contribution in [3.05, 3.63) is 0 Å². The molecule has 1 N–H and O–H groups in total. The van der Waals surface area contributed by atoms with Gasteiger partial charge >= 0.3 is 12.1 Å². The van der Waals surface area contributed by atoms with Crippen molar-refractivity contribution >= 4 is 17.0 Å². The van der Waals surface area contributed by atoms with Crippen LogP contribution in [-0.4, -0.2) is 33.8 Å². The van der Waals surface area contributed by atoms with Gasteiger partial charge in [-0.05, 0) is 33.1 Å². The summed E-state index contributed by atoms with van der Waals surface area (Å²) in [6.45, 7) is 10.2. The van der Waals surface area contributed by atoms with E-state index < -0.39 is 39.8 Å². The van der Waals surface area contributed by atoms with E-state index in [2.05, 4.69) is 4.72 Å². The molecule has 0 aliphatic rings. The summed E-state index contributed by atoms with van der Waals surface area (Å²) in [5.41, 5.74) is 0. The lowest BCUT2D eigenvalue weighted by Crippen LogP contribution is -2.53. The Bertz CT molecular complexity index is 420. The van der Waals surface area contributed by atoms with Gasteiger partial charge in [0.25, 0.3) is 0 Å². The van der Waals surface area contributed by atoms with Gasteiger partial charge in [-0.2, -0.15) is 13.2 Å². The van der Waals surface area contributed by atoms with Crippen LogP contribution in [0.15, 0.2) is 0 Å². The normalized spacial score (nSPS) is 16.8. The zero-order valence-corrected chi connectivity index (χ0v) is 16.1. The predicted octanol–water partition coefficient (Wildman–Crippen LogP) is 3.97. The number of esters is 1. The minimum Gasteiger partial charge on any atom is -0.465 e. The smallest absolute Gasteiger partial charge is 0.405 e. The van der Waals surface area contributed by atoms with Crippen molar-refractivity contribution in [2.45, 2.75) is 77.8 Å². The maximum atomic E-state index is 13.5. The van der Waals surface area contributed by atoms with E-state index in [1.165, 1.54) is 0 Å². The molecule has 0 spiro atoms. The zero-order valence-electron chi connectivity index (χ0n) is 15.3. The summed E-state index contributed by atoms with van der Waals surface area (Å²) >= 11 is 0. The molecule has 0 aromatic rings. The highest BCUT2D eigenvalue weighted by molar-refractivity contribution is 7.84. The summed E-state index contributed by atoms with van der Waals surface area (Å²) in [5, 5.41) is 0. The summed E-state index contributed by atoms with van der Waals surface area (Å²) in [6, 6.07) is -2.19. The van der Waals surface area contributed by atoms with Crippen LogP contribution in [-0.2, 0) is 20.5 Å². The first-order chi connectivity index (χ1) is 10.8. The SMILES string of the molecule is CCCC[C@@H](C(=O)OCC(C)C)[C@@H](N[S@](=O)C(C)(C)C)C(F)(F)F. The molecule has 0 heterocycles. The maximum absolute atomic E-state index is 13.5. The van der Waals surface area contributed by atoms with Gasteiger partial charge in [0.2, 0.25) is 0 Å². The van der Waals surface area contributed by atoms with Gasteiger partial charge < -0.3 is 4.74 Å². The van der Waals surface area contributed by atoms with Gasteiger partial charge in [0.15, 0.2) is 0 Å². The third kappa shape index (κ3) is 8.46. The number of ether oxygens (including phenoxy) is 1. The van der Waals surface area contributed by atoms with Crippen LogP contribution in [0.5, 0.6) is 0 Å². The maximum Gasteiger partial charge on any atom is 0.405 e. The first-order valence-electron chi connectivity index (χ1n) is 8.22. The fraction of sp³-hybridized carbons (Fsp3) is 0.938. The fourth-order valence-corrected chi connectivity index (χ4v) is 2.75. The summed E-state index contributed by atoms with van der Waals surface area (Å²) < 4.78 is 58.9. The monoisotopic (exact) mass is 373 g/mol. The first kappa shape index (κ1) is 23.4. The largest absolute Gasteiger partial charge is 0.465 e. The number of carbonyl (C=O) groups excluding carboxylic acids is 1. The van der Waals surface area contributed by atoms with E-state index in [4.69, 9.17) is 4.74 Å². The number of rotatable bonds is 9. The molecule has 0 unspecified atom stereocenters. The minimum absolute atomic E-state index is 0.0294. The molecule has 4 nitrogen and oxygen atoms in total. The molecule has 0 bridgehead atoms. The summed E-state index contributed by atoms with van der Waals surface area (Å²) in [7, 11) is -1.95. The molecule has 0 aromatic heterocycles. The molecule has 144 valence electrons. The Morgan fingerprint density at radius 1 is 1.21 bits per heavy atom. The molecule has 0 saturated carbocycles. The molecule has 0 aliphatic heterocycles. The van der Waals surface area contributed by atoms with Crippen molar-refractivity contribution in [1.82, 2.24) is 4.72 Å². The number of nitrogens with one attached hydrogen (secondary N) is 1. The molecular weight excluding hydrogens is 343 g/mol. The van der Waals surface area contributed by atoms with E-state index in [1.807, 2.05) is 20.8 Å². The number of carbonyl (C=O) groups is 1. The van der Waals surface area contributed by atoms with Gasteiger partial charge in [-0.25, -0.2) is 8.93 Å². The van der Waals surface area contributed by atoms with Crippen LogP contribution in [0.3, 0.4) is 0 Å². The average molecular weight is 373 g/mol. The molecule has 0 radical (unpaired) electrons. The third-order valence-corrected chi connectivity index (χ3v) is 4.86. The second-order valence-electron chi connectivity index (χ2n) is 7.29. The van der Waals surface area contributed by atoms with Gasteiger partial charge in [-0.3, -0.25) is 4.79 Å². The molecule has 0 amide bonds. The highest BCUT2D eigenvalue weighted by Crippen LogP contribution is 2.31. The Morgan fingerprint density at radius 2 is 1.75 bits per heavy atom. The van der Waals surface area contributed by atoms with Crippen LogP contribution in [0.4, 0.5) is 13.2 Å². The van der Waals surface area contributed by atoms with Crippen LogP contribution in [0.25, 0.3) is 0 Å². The Balaban J connectivity index is 5.41. The lowest BCUT2D eigenvalue weighted by Gasteiger charge is -2.30. The number of alkyl halides is 3. The van der Waals surface area contributed by atoms with Gasteiger partial charge in [-0.15, -0.1) is 0 Å². The van der Waals surface area contributed by atoms with E-state index in [0.29, 0.717) is 12.8 Å². The number of hydrogen-bond acceptors (Lipinski definition) is 3. The van der Waals surface area contributed by atoms with E-state index in [-0.39, 0.29) is 18.9 Å². The molecule has 0 aliphatic carbocycles. The highest BCUT2D eigenvalue weighted by atomic mass is 32.2. The Hall–Kier alpha value is -0.630. The quantitative estimate of drug-likeness (QED) is 0.622. The van der Waals surface area contributed by atoms with Crippen LogP contribution < -0.4 is 4.72 Å². The summed E-state index contributed by atoms with van der Waals surface area (Å²) in [6.07, 6.45) is -3.55. The van der Waals surface area contributed by atoms with E-state index in [1.54, 1.807) is 20.8 Å². The number of halogens is 3. The van der Waals surface area contributed by atoms with Crippen molar-refractivity contribution in [3.63, 3.8) is 0 Å². The first-order valence-corrected chi connectivity index (χ1v) is 9.37. The van der Waals surface area contributed by atoms with Crippen molar-refractivity contribution in [1.29, 1.82) is 0 Å². The molecule has 24 heavy (non-hydrogen) atoms.